The summed E-state index contributed by atoms with van der Waals surface area (Å²) in [6.45, 7) is 1.85. The molecule has 0 spiro atoms. The molecule has 2 N–H and O–H groups in total. The van der Waals surface area contributed by atoms with Crippen molar-refractivity contribution in [1.82, 2.24) is 4.98 Å². The van der Waals surface area contributed by atoms with Crippen LogP contribution in [-0.2, 0) is 0 Å². The molecule has 0 saturated carbocycles. The van der Waals surface area contributed by atoms with Crippen molar-refractivity contribution in [3.05, 3.63) is 28.0 Å². The summed E-state index contributed by atoms with van der Waals surface area (Å²) in [5.41, 5.74) is 6.38. The van der Waals surface area contributed by atoms with E-state index in [0.29, 0.717) is 5.56 Å². The van der Waals surface area contributed by atoms with Crippen molar-refractivity contribution < 1.29 is 4.79 Å². The number of primary amides is 1. The number of pyridine rings is 1. The molecule has 0 saturated heterocycles. The van der Waals surface area contributed by atoms with E-state index in [1.807, 2.05) is 6.92 Å². The molecule has 1 aromatic rings. The lowest BCUT2D eigenvalue weighted by atomic mass is 10.2. The Morgan fingerprint density at radius 1 is 1.73 bits per heavy atom. The highest BCUT2D eigenvalue weighted by atomic mass is 79.9. The zero-order valence-corrected chi connectivity index (χ0v) is 7.55. The fourth-order valence-corrected chi connectivity index (χ4v) is 0.910. The summed E-state index contributed by atoms with van der Waals surface area (Å²) in [6.07, 6.45) is 1.44. The summed E-state index contributed by atoms with van der Waals surface area (Å²) < 4.78 is 0.738. The van der Waals surface area contributed by atoms with Crippen LogP contribution >= 0.6 is 15.9 Å². The third kappa shape index (κ3) is 1.77. The summed E-state index contributed by atoms with van der Waals surface area (Å²) in [7, 11) is 0. The molecule has 0 radical (unpaired) electrons. The van der Waals surface area contributed by atoms with Gasteiger partial charge in [0.05, 0.1) is 5.56 Å². The van der Waals surface area contributed by atoms with E-state index in [2.05, 4.69) is 20.9 Å². The molecule has 4 heteroatoms. The lowest BCUT2D eigenvalue weighted by molar-refractivity contribution is 0.1000. The smallest absolute Gasteiger partial charge is 0.250 e. The molecule has 0 aliphatic heterocycles. The predicted molar refractivity (Wildman–Crippen MR) is 45.2 cm³/mol. The molecule has 0 fully saturated rings. The second-order valence-electron chi connectivity index (χ2n) is 2.20. The van der Waals surface area contributed by atoms with E-state index < -0.39 is 5.91 Å². The molecule has 0 aromatic carbocycles. The molecule has 1 rings (SSSR count). The topological polar surface area (TPSA) is 56.0 Å². The summed E-state index contributed by atoms with van der Waals surface area (Å²) in [6, 6.07) is 1.69. The van der Waals surface area contributed by atoms with Crippen molar-refractivity contribution >= 4 is 21.8 Å². The van der Waals surface area contributed by atoms with Crippen LogP contribution in [0, 0.1) is 6.92 Å². The molecule has 0 unspecified atom stereocenters. The van der Waals surface area contributed by atoms with E-state index >= 15 is 0 Å². The maximum Gasteiger partial charge on any atom is 0.250 e. The van der Waals surface area contributed by atoms with E-state index in [0.717, 1.165) is 10.2 Å². The zero-order chi connectivity index (χ0) is 8.43. The van der Waals surface area contributed by atoms with Gasteiger partial charge >= 0.3 is 0 Å². The van der Waals surface area contributed by atoms with Gasteiger partial charge in [-0.2, -0.15) is 0 Å². The average Bonchev–Trinajstić information content (AvgIpc) is 1.94. The van der Waals surface area contributed by atoms with Crippen LogP contribution in [0.25, 0.3) is 0 Å². The molecular formula is C7H7BrN2O. The van der Waals surface area contributed by atoms with E-state index in [4.69, 9.17) is 5.73 Å². The van der Waals surface area contributed by atoms with E-state index in [1.54, 1.807) is 6.07 Å². The highest BCUT2D eigenvalue weighted by Crippen LogP contribution is 2.12. The number of aromatic nitrogens is 1. The predicted octanol–water partition coefficient (Wildman–Crippen LogP) is 1.25. The number of hydrogen-bond acceptors (Lipinski definition) is 2. The van der Waals surface area contributed by atoms with Crippen molar-refractivity contribution in [2.24, 2.45) is 5.73 Å². The Morgan fingerprint density at radius 2 is 2.36 bits per heavy atom. The zero-order valence-electron chi connectivity index (χ0n) is 5.97. The van der Waals surface area contributed by atoms with Crippen molar-refractivity contribution in [2.45, 2.75) is 6.92 Å². The van der Waals surface area contributed by atoms with Crippen molar-refractivity contribution in [3.8, 4) is 0 Å². The quantitative estimate of drug-likeness (QED) is 0.716. The summed E-state index contributed by atoms with van der Waals surface area (Å²) in [5.74, 6) is -0.451. The minimum absolute atomic E-state index is 0.436. The lowest BCUT2D eigenvalue weighted by Gasteiger charge is -1.98. The van der Waals surface area contributed by atoms with Gasteiger partial charge in [0.2, 0.25) is 5.91 Å². The molecule has 3 nitrogen and oxygen atoms in total. The normalized spacial score (nSPS) is 9.64. The van der Waals surface area contributed by atoms with Crippen LogP contribution < -0.4 is 5.73 Å². The molecule has 0 atom stereocenters. The molecule has 1 aromatic heterocycles. The SMILES string of the molecule is Cc1cc(C(N)=O)cnc1Br. The Balaban J connectivity index is 3.15. The molecular weight excluding hydrogens is 208 g/mol. The maximum absolute atomic E-state index is 10.6. The van der Waals surface area contributed by atoms with E-state index in [9.17, 15) is 4.79 Å². The Morgan fingerprint density at radius 3 is 2.82 bits per heavy atom. The summed E-state index contributed by atoms with van der Waals surface area (Å²) >= 11 is 3.22. The van der Waals surface area contributed by atoms with Crippen LogP contribution in [-0.4, -0.2) is 10.9 Å². The molecule has 0 bridgehead atoms. The number of carbonyl (C=O) groups excluding carboxylic acids is 1. The van der Waals surface area contributed by atoms with Gasteiger partial charge in [0, 0.05) is 6.20 Å². The Labute approximate surface area is 72.7 Å². The summed E-state index contributed by atoms with van der Waals surface area (Å²) in [4.78, 5) is 14.5. The highest BCUT2D eigenvalue weighted by Gasteiger charge is 2.02. The monoisotopic (exact) mass is 214 g/mol. The van der Waals surface area contributed by atoms with Crippen LogP contribution in [0.5, 0.6) is 0 Å². The number of nitrogens with zero attached hydrogens (tertiary/aromatic N) is 1. The molecule has 0 aliphatic rings. The van der Waals surface area contributed by atoms with E-state index in [1.165, 1.54) is 6.20 Å². The number of nitrogens with two attached hydrogens (primary N) is 1. The average molecular weight is 215 g/mol. The first-order valence-corrected chi connectivity index (χ1v) is 3.82. The van der Waals surface area contributed by atoms with Crippen LogP contribution in [0.1, 0.15) is 15.9 Å². The highest BCUT2D eigenvalue weighted by molar-refractivity contribution is 9.10. The van der Waals surface area contributed by atoms with Gasteiger partial charge in [-0.05, 0) is 34.5 Å². The fraction of sp³-hybridized carbons (Fsp3) is 0.143. The number of aryl methyl sites for hydroxylation is 1. The van der Waals surface area contributed by atoms with Crippen molar-refractivity contribution in [3.63, 3.8) is 0 Å². The van der Waals surface area contributed by atoms with Crippen molar-refractivity contribution in [1.29, 1.82) is 0 Å². The van der Waals surface area contributed by atoms with Crippen LogP contribution in [0.3, 0.4) is 0 Å². The first kappa shape index (κ1) is 8.20. The lowest BCUT2D eigenvalue weighted by Crippen LogP contribution is -2.11. The minimum Gasteiger partial charge on any atom is -0.366 e. The standard InChI is InChI=1S/C7H7BrN2O/c1-4-2-5(7(9)11)3-10-6(4)8/h2-3H,1H3,(H2,9,11). The number of carbonyl (C=O) groups is 1. The van der Waals surface area contributed by atoms with Gasteiger partial charge in [0.15, 0.2) is 0 Å². The number of halogens is 1. The second-order valence-corrected chi connectivity index (χ2v) is 2.95. The van der Waals surface area contributed by atoms with Crippen LogP contribution in [0.2, 0.25) is 0 Å². The first-order chi connectivity index (χ1) is 5.11. The van der Waals surface area contributed by atoms with Crippen LogP contribution in [0.15, 0.2) is 16.9 Å². The maximum atomic E-state index is 10.6. The number of hydrogen-bond donors (Lipinski definition) is 1. The molecule has 0 aliphatic carbocycles. The van der Waals surface area contributed by atoms with Crippen molar-refractivity contribution in [2.75, 3.05) is 0 Å². The Hall–Kier alpha value is -0.900. The Bertz CT molecular complexity index is 298. The Kier molecular flexibility index (Phi) is 2.24. The summed E-state index contributed by atoms with van der Waals surface area (Å²) in [5, 5.41) is 0. The molecule has 11 heavy (non-hydrogen) atoms. The number of rotatable bonds is 1. The van der Waals surface area contributed by atoms with Crippen LogP contribution in [0.4, 0.5) is 0 Å². The van der Waals surface area contributed by atoms with Gasteiger partial charge in [-0.15, -0.1) is 0 Å². The fourth-order valence-electron chi connectivity index (χ4n) is 0.693. The third-order valence-electron chi connectivity index (χ3n) is 1.30. The third-order valence-corrected chi connectivity index (χ3v) is 2.13. The molecule has 1 heterocycles. The minimum atomic E-state index is -0.451. The molecule has 1 amide bonds. The van der Waals surface area contributed by atoms with Gasteiger partial charge in [-0.1, -0.05) is 0 Å². The first-order valence-electron chi connectivity index (χ1n) is 3.03. The number of amides is 1. The van der Waals surface area contributed by atoms with Gasteiger partial charge in [-0.3, -0.25) is 4.79 Å². The van der Waals surface area contributed by atoms with E-state index in [-0.39, 0.29) is 0 Å². The van der Waals surface area contributed by atoms with Gasteiger partial charge in [0.25, 0.3) is 0 Å². The molecule has 58 valence electrons. The van der Waals surface area contributed by atoms with Gasteiger partial charge in [-0.25, -0.2) is 4.98 Å². The van der Waals surface area contributed by atoms with Gasteiger partial charge in [0.1, 0.15) is 4.60 Å². The second kappa shape index (κ2) is 3.00. The van der Waals surface area contributed by atoms with Gasteiger partial charge < -0.3 is 5.73 Å². The largest absolute Gasteiger partial charge is 0.366 e.